The number of benzene rings is 2. The molecular weight excluding hydrogens is 342 g/mol. The van der Waals surface area contributed by atoms with Crippen molar-refractivity contribution in [2.45, 2.75) is 6.42 Å². The number of pyridine rings is 1. The average Bonchev–Trinajstić information content (AvgIpc) is 2.64. The fraction of sp³-hybridized carbons (Fsp3) is 0.211. The van der Waals surface area contributed by atoms with Crippen molar-refractivity contribution >= 4 is 22.3 Å². The van der Waals surface area contributed by atoms with Gasteiger partial charge in [-0.15, -0.1) is 0 Å². The third kappa shape index (κ3) is 3.83. The van der Waals surface area contributed by atoms with Crippen molar-refractivity contribution in [2.75, 3.05) is 25.6 Å². The molecule has 0 radical (unpaired) electrons. The zero-order chi connectivity index (χ0) is 18.5. The SMILES string of the molecule is COc1cc2c(Nc3ccc(F)cc3F)ccnc2cc1OCCCO. The van der Waals surface area contributed by atoms with Crippen LogP contribution >= 0.6 is 0 Å². The second-order valence-electron chi connectivity index (χ2n) is 5.55. The molecule has 0 fully saturated rings. The summed E-state index contributed by atoms with van der Waals surface area (Å²) in [5.74, 6) is -0.331. The maximum Gasteiger partial charge on any atom is 0.163 e. The molecule has 7 heteroatoms. The minimum absolute atomic E-state index is 0.0332. The maximum absolute atomic E-state index is 13.9. The van der Waals surface area contributed by atoms with E-state index in [2.05, 4.69) is 10.3 Å². The Hall–Kier alpha value is -2.93. The van der Waals surface area contributed by atoms with Gasteiger partial charge >= 0.3 is 0 Å². The summed E-state index contributed by atoms with van der Waals surface area (Å²) in [6, 6.07) is 8.48. The van der Waals surface area contributed by atoms with E-state index in [0.29, 0.717) is 41.1 Å². The van der Waals surface area contributed by atoms with Gasteiger partial charge in [0.1, 0.15) is 11.6 Å². The fourth-order valence-electron chi connectivity index (χ4n) is 2.52. The van der Waals surface area contributed by atoms with Crippen LogP contribution in [0.3, 0.4) is 0 Å². The van der Waals surface area contributed by atoms with Gasteiger partial charge in [-0.3, -0.25) is 4.98 Å². The number of rotatable bonds is 7. The van der Waals surface area contributed by atoms with E-state index in [1.807, 2.05) is 0 Å². The Kier molecular flexibility index (Phi) is 5.48. The Morgan fingerprint density at radius 1 is 1.08 bits per heavy atom. The van der Waals surface area contributed by atoms with Crippen LogP contribution in [0.2, 0.25) is 0 Å². The van der Waals surface area contributed by atoms with Gasteiger partial charge in [0.15, 0.2) is 11.5 Å². The second kappa shape index (κ2) is 7.97. The van der Waals surface area contributed by atoms with E-state index in [1.54, 1.807) is 24.4 Å². The zero-order valence-corrected chi connectivity index (χ0v) is 14.1. The van der Waals surface area contributed by atoms with Crippen molar-refractivity contribution in [3.05, 3.63) is 54.2 Å². The highest BCUT2D eigenvalue weighted by Gasteiger charge is 2.12. The molecule has 3 aromatic rings. The van der Waals surface area contributed by atoms with Crippen LogP contribution in [0.4, 0.5) is 20.2 Å². The number of fused-ring (bicyclic) bond motifs is 1. The second-order valence-corrected chi connectivity index (χ2v) is 5.55. The first-order chi connectivity index (χ1) is 12.6. The molecule has 136 valence electrons. The summed E-state index contributed by atoms with van der Waals surface area (Å²) in [6.07, 6.45) is 2.08. The molecule has 1 aromatic heterocycles. The molecule has 0 aliphatic rings. The van der Waals surface area contributed by atoms with Crippen molar-refractivity contribution in [3.8, 4) is 11.5 Å². The average molecular weight is 360 g/mol. The van der Waals surface area contributed by atoms with Crippen LogP contribution in [0.5, 0.6) is 11.5 Å². The van der Waals surface area contributed by atoms with E-state index in [0.717, 1.165) is 6.07 Å². The quantitative estimate of drug-likeness (QED) is 0.623. The van der Waals surface area contributed by atoms with Crippen LogP contribution in [0, 0.1) is 11.6 Å². The molecule has 1 heterocycles. The van der Waals surface area contributed by atoms with Gasteiger partial charge in [0.25, 0.3) is 0 Å². The third-order valence-corrected chi connectivity index (χ3v) is 3.79. The van der Waals surface area contributed by atoms with E-state index in [-0.39, 0.29) is 12.3 Å². The minimum Gasteiger partial charge on any atom is -0.493 e. The van der Waals surface area contributed by atoms with Crippen LogP contribution in [0.15, 0.2) is 42.6 Å². The molecule has 0 spiro atoms. The number of methoxy groups -OCH3 is 1. The number of aliphatic hydroxyl groups excluding tert-OH is 1. The van der Waals surface area contributed by atoms with Crippen molar-refractivity contribution in [1.82, 2.24) is 4.98 Å². The summed E-state index contributed by atoms with van der Waals surface area (Å²) in [4.78, 5) is 4.31. The summed E-state index contributed by atoms with van der Waals surface area (Å²) >= 11 is 0. The highest BCUT2D eigenvalue weighted by Crippen LogP contribution is 2.36. The third-order valence-electron chi connectivity index (χ3n) is 3.79. The lowest BCUT2D eigenvalue weighted by molar-refractivity contribution is 0.228. The predicted molar refractivity (Wildman–Crippen MR) is 95.1 cm³/mol. The molecule has 0 aliphatic heterocycles. The molecule has 0 saturated carbocycles. The number of nitrogens with one attached hydrogen (secondary N) is 1. The molecule has 3 rings (SSSR count). The maximum atomic E-state index is 13.9. The fourth-order valence-corrected chi connectivity index (χ4v) is 2.52. The first-order valence-electron chi connectivity index (χ1n) is 8.05. The molecule has 5 nitrogen and oxygen atoms in total. The number of hydrogen-bond donors (Lipinski definition) is 2. The molecule has 0 amide bonds. The topological polar surface area (TPSA) is 63.6 Å². The molecule has 0 unspecified atom stereocenters. The molecule has 0 aliphatic carbocycles. The molecule has 2 N–H and O–H groups in total. The Morgan fingerprint density at radius 2 is 1.92 bits per heavy atom. The monoisotopic (exact) mass is 360 g/mol. The molecule has 2 aromatic carbocycles. The van der Waals surface area contributed by atoms with Crippen LogP contribution in [-0.2, 0) is 0 Å². The Bertz CT molecular complexity index is 919. The van der Waals surface area contributed by atoms with Crippen LogP contribution < -0.4 is 14.8 Å². The highest BCUT2D eigenvalue weighted by atomic mass is 19.1. The van der Waals surface area contributed by atoms with E-state index >= 15 is 0 Å². The summed E-state index contributed by atoms with van der Waals surface area (Å²) in [5, 5.41) is 12.5. The van der Waals surface area contributed by atoms with Crippen molar-refractivity contribution in [3.63, 3.8) is 0 Å². The van der Waals surface area contributed by atoms with Gasteiger partial charge in [0.2, 0.25) is 0 Å². The van der Waals surface area contributed by atoms with Gasteiger partial charge in [-0.1, -0.05) is 0 Å². The Balaban J connectivity index is 1.98. The summed E-state index contributed by atoms with van der Waals surface area (Å²) in [7, 11) is 1.52. The van der Waals surface area contributed by atoms with Gasteiger partial charge in [0.05, 0.1) is 24.9 Å². The number of aromatic nitrogens is 1. The van der Waals surface area contributed by atoms with E-state index in [4.69, 9.17) is 14.6 Å². The van der Waals surface area contributed by atoms with Crippen LogP contribution in [0.25, 0.3) is 10.9 Å². The van der Waals surface area contributed by atoms with Gasteiger partial charge in [-0.2, -0.15) is 0 Å². The van der Waals surface area contributed by atoms with Crippen molar-refractivity contribution in [2.24, 2.45) is 0 Å². The van der Waals surface area contributed by atoms with Crippen molar-refractivity contribution in [1.29, 1.82) is 0 Å². The first-order valence-corrected chi connectivity index (χ1v) is 8.05. The van der Waals surface area contributed by atoms with E-state index in [1.165, 1.54) is 19.2 Å². The number of ether oxygens (including phenoxy) is 2. The van der Waals surface area contributed by atoms with E-state index < -0.39 is 11.6 Å². The minimum atomic E-state index is -0.689. The smallest absolute Gasteiger partial charge is 0.163 e. The highest BCUT2D eigenvalue weighted by molar-refractivity contribution is 5.95. The number of nitrogens with zero attached hydrogens (tertiary/aromatic N) is 1. The van der Waals surface area contributed by atoms with Crippen LogP contribution in [0.1, 0.15) is 6.42 Å². The van der Waals surface area contributed by atoms with Crippen LogP contribution in [-0.4, -0.2) is 30.4 Å². The van der Waals surface area contributed by atoms with Gasteiger partial charge in [0, 0.05) is 42.4 Å². The molecule has 0 bridgehead atoms. The number of anilines is 2. The summed E-state index contributed by atoms with van der Waals surface area (Å²) in [6.45, 7) is 0.378. The number of aliphatic hydroxyl groups is 1. The Labute approximate surface area is 149 Å². The largest absolute Gasteiger partial charge is 0.493 e. The normalized spacial score (nSPS) is 10.8. The standard InChI is InChI=1S/C19H18F2N2O3/c1-25-18-10-13-15(23-16-4-3-12(20)9-14(16)21)5-6-22-17(13)11-19(18)26-8-2-7-24/h3-6,9-11,24H,2,7-8H2,1H3,(H,22,23). The summed E-state index contributed by atoms with van der Waals surface area (Å²) < 4.78 is 38.0. The molecule has 0 saturated heterocycles. The van der Waals surface area contributed by atoms with Crippen molar-refractivity contribution < 1.29 is 23.4 Å². The number of hydrogen-bond acceptors (Lipinski definition) is 5. The zero-order valence-electron chi connectivity index (χ0n) is 14.1. The number of halogens is 2. The lowest BCUT2D eigenvalue weighted by Gasteiger charge is -2.14. The Morgan fingerprint density at radius 3 is 2.65 bits per heavy atom. The lowest BCUT2D eigenvalue weighted by atomic mass is 10.1. The predicted octanol–water partition coefficient (Wildman–Crippen LogP) is 4.03. The molecular formula is C19H18F2N2O3. The molecule has 26 heavy (non-hydrogen) atoms. The summed E-state index contributed by atoms with van der Waals surface area (Å²) in [5.41, 5.74) is 1.37. The van der Waals surface area contributed by atoms with Gasteiger partial charge < -0.3 is 19.9 Å². The molecule has 0 atom stereocenters. The van der Waals surface area contributed by atoms with E-state index in [9.17, 15) is 8.78 Å². The first kappa shape index (κ1) is 17.9. The van der Waals surface area contributed by atoms with Gasteiger partial charge in [-0.05, 0) is 24.3 Å². The lowest BCUT2D eigenvalue weighted by Crippen LogP contribution is -2.02. The van der Waals surface area contributed by atoms with Gasteiger partial charge in [-0.25, -0.2) is 8.78 Å².